The molecular weight excluding hydrogens is 210 g/mol. The molecule has 0 spiro atoms. The number of benzene rings is 1. The van der Waals surface area contributed by atoms with Crippen molar-refractivity contribution >= 4 is 0 Å². The summed E-state index contributed by atoms with van der Waals surface area (Å²) in [5, 5.41) is 0. The Bertz CT molecular complexity index is 404. The van der Waals surface area contributed by atoms with Gasteiger partial charge in [0.15, 0.2) is 0 Å². The molecule has 3 nitrogen and oxygen atoms in total. The van der Waals surface area contributed by atoms with Gasteiger partial charge in [-0.3, -0.25) is 9.80 Å². The number of likely N-dealkylation sites (N-methyl/N-ethyl adjacent to an activating group) is 1. The van der Waals surface area contributed by atoms with Gasteiger partial charge in [0.2, 0.25) is 0 Å². The molecule has 2 aliphatic heterocycles. The highest BCUT2D eigenvalue weighted by atomic mass is 15.4. The van der Waals surface area contributed by atoms with E-state index < -0.39 is 0 Å². The largest absolute Gasteiger partial charge is 0.326 e. The van der Waals surface area contributed by atoms with Crippen LogP contribution in [-0.2, 0) is 6.42 Å². The zero-order chi connectivity index (χ0) is 11.8. The van der Waals surface area contributed by atoms with Gasteiger partial charge in [0.05, 0.1) is 6.17 Å². The normalized spacial score (nSPS) is 30.5. The first-order valence-electron chi connectivity index (χ1n) is 6.53. The number of hydrogen-bond donors (Lipinski definition) is 1. The van der Waals surface area contributed by atoms with Crippen molar-refractivity contribution < 1.29 is 0 Å². The second-order valence-corrected chi connectivity index (χ2v) is 5.35. The first kappa shape index (κ1) is 11.2. The van der Waals surface area contributed by atoms with Crippen molar-refractivity contribution in [3.05, 3.63) is 35.4 Å². The molecule has 1 aromatic rings. The van der Waals surface area contributed by atoms with Crippen molar-refractivity contribution in [2.24, 2.45) is 5.73 Å². The molecule has 0 bridgehead atoms. The minimum atomic E-state index is 0.359. The van der Waals surface area contributed by atoms with Crippen LogP contribution in [0.25, 0.3) is 0 Å². The zero-order valence-electron chi connectivity index (χ0n) is 10.5. The maximum Gasteiger partial charge on any atom is 0.0887 e. The van der Waals surface area contributed by atoms with E-state index >= 15 is 0 Å². The summed E-state index contributed by atoms with van der Waals surface area (Å²) >= 11 is 0. The van der Waals surface area contributed by atoms with Gasteiger partial charge >= 0.3 is 0 Å². The van der Waals surface area contributed by atoms with Crippen molar-refractivity contribution in [3.63, 3.8) is 0 Å². The second kappa shape index (κ2) is 4.41. The standard InChI is InChI=1S/C14H21N3/c1-16-8-6-11-4-2-3-5-13(11)14(16)17-9-7-12(15)10-17/h2-5,12,14H,6-10,15H2,1H3/t12?,14-/m1/s1. The molecule has 92 valence electrons. The van der Waals surface area contributed by atoms with E-state index in [2.05, 4.69) is 41.1 Å². The molecule has 0 aromatic heterocycles. The van der Waals surface area contributed by atoms with Gasteiger partial charge in [0.25, 0.3) is 0 Å². The predicted octanol–water partition coefficient (Wildman–Crippen LogP) is 1.21. The highest BCUT2D eigenvalue weighted by Crippen LogP contribution is 2.33. The van der Waals surface area contributed by atoms with E-state index in [1.165, 1.54) is 17.5 Å². The van der Waals surface area contributed by atoms with Crippen LogP contribution in [0.15, 0.2) is 24.3 Å². The van der Waals surface area contributed by atoms with Gasteiger partial charge in [-0.05, 0) is 31.0 Å². The van der Waals surface area contributed by atoms with Gasteiger partial charge in [-0.1, -0.05) is 24.3 Å². The lowest BCUT2D eigenvalue weighted by atomic mass is 9.96. The minimum Gasteiger partial charge on any atom is -0.326 e. The van der Waals surface area contributed by atoms with Crippen LogP contribution in [0.1, 0.15) is 23.7 Å². The van der Waals surface area contributed by atoms with Crippen molar-refractivity contribution in [1.29, 1.82) is 0 Å². The molecule has 0 radical (unpaired) electrons. The maximum absolute atomic E-state index is 6.04. The Labute approximate surface area is 103 Å². The maximum atomic E-state index is 6.04. The Morgan fingerprint density at radius 2 is 2.06 bits per heavy atom. The average molecular weight is 231 g/mol. The monoisotopic (exact) mass is 231 g/mol. The van der Waals surface area contributed by atoms with Gasteiger partial charge < -0.3 is 5.73 Å². The summed E-state index contributed by atoms with van der Waals surface area (Å²) in [7, 11) is 2.23. The Kier molecular flexibility index (Phi) is 2.90. The molecule has 0 aliphatic carbocycles. The van der Waals surface area contributed by atoms with E-state index in [-0.39, 0.29) is 0 Å². The van der Waals surface area contributed by atoms with E-state index in [1.807, 2.05) is 0 Å². The van der Waals surface area contributed by atoms with E-state index in [9.17, 15) is 0 Å². The summed E-state index contributed by atoms with van der Waals surface area (Å²) in [6.45, 7) is 3.31. The van der Waals surface area contributed by atoms with Gasteiger partial charge in [-0.2, -0.15) is 0 Å². The van der Waals surface area contributed by atoms with Crippen LogP contribution in [0.3, 0.4) is 0 Å². The van der Waals surface area contributed by atoms with E-state index in [1.54, 1.807) is 0 Å². The molecule has 17 heavy (non-hydrogen) atoms. The van der Waals surface area contributed by atoms with E-state index in [0.29, 0.717) is 12.2 Å². The third-order valence-electron chi connectivity index (χ3n) is 4.09. The van der Waals surface area contributed by atoms with Gasteiger partial charge in [-0.25, -0.2) is 0 Å². The first-order valence-corrected chi connectivity index (χ1v) is 6.53. The van der Waals surface area contributed by atoms with Crippen LogP contribution in [0.4, 0.5) is 0 Å². The third kappa shape index (κ3) is 1.99. The predicted molar refractivity (Wildman–Crippen MR) is 69.7 cm³/mol. The lowest BCUT2D eigenvalue weighted by Crippen LogP contribution is -2.43. The van der Waals surface area contributed by atoms with E-state index in [0.717, 1.165) is 26.1 Å². The summed E-state index contributed by atoms with van der Waals surface area (Å²) in [4.78, 5) is 4.99. The quantitative estimate of drug-likeness (QED) is 0.788. The lowest BCUT2D eigenvalue weighted by molar-refractivity contribution is 0.0709. The number of likely N-dealkylation sites (tertiary alicyclic amines) is 1. The zero-order valence-corrected chi connectivity index (χ0v) is 10.5. The Hall–Kier alpha value is -0.900. The third-order valence-corrected chi connectivity index (χ3v) is 4.09. The molecule has 1 unspecified atom stereocenters. The van der Waals surface area contributed by atoms with Crippen LogP contribution in [0.5, 0.6) is 0 Å². The smallest absolute Gasteiger partial charge is 0.0887 e. The highest BCUT2D eigenvalue weighted by Gasteiger charge is 2.33. The van der Waals surface area contributed by atoms with Crippen molar-refractivity contribution in [2.45, 2.75) is 25.0 Å². The Balaban J connectivity index is 1.92. The van der Waals surface area contributed by atoms with Crippen LogP contribution in [0.2, 0.25) is 0 Å². The molecule has 1 saturated heterocycles. The van der Waals surface area contributed by atoms with Crippen molar-refractivity contribution in [3.8, 4) is 0 Å². The average Bonchev–Trinajstić information content (AvgIpc) is 2.75. The SMILES string of the molecule is CN1CCc2ccccc2[C@H]1N1CCC(N)C1. The van der Waals surface area contributed by atoms with Crippen LogP contribution in [0, 0.1) is 0 Å². The topological polar surface area (TPSA) is 32.5 Å². The summed E-state index contributed by atoms with van der Waals surface area (Å²) in [5.41, 5.74) is 9.03. The molecular formula is C14H21N3. The van der Waals surface area contributed by atoms with Crippen LogP contribution >= 0.6 is 0 Å². The fourth-order valence-corrected chi connectivity index (χ4v) is 3.18. The van der Waals surface area contributed by atoms with E-state index in [4.69, 9.17) is 5.73 Å². The molecule has 3 heteroatoms. The number of rotatable bonds is 1. The number of fused-ring (bicyclic) bond motifs is 1. The summed E-state index contributed by atoms with van der Waals surface area (Å²) in [5.74, 6) is 0. The number of nitrogens with zero attached hydrogens (tertiary/aromatic N) is 2. The van der Waals surface area contributed by atoms with Crippen LogP contribution in [-0.4, -0.2) is 42.5 Å². The van der Waals surface area contributed by atoms with Crippen LogP contribution < -0.4 is 5.73 Å². The Morgan fingerprint density at radius 3 is 2.82 bits per heavy atom. The minimum absolute atomic E-state index is 0.359. The molecule has 1 aromatic carbocycles. The molecule has 2 atom stereocenters. The molecule has 2 aliphatic rings. The van der Waals surface area contributed by atoms with Crippen molar-refractivity contribution in [2.75, 3.05) is 26.7 Å². The summed E-state index contributed by atoms with van der Waals surface area (Å²) in [6.07, 6.45) is 2.74. The molecule has 2 N–H and O–H groups in total. The fraction of sp³-hybridized carbons (Fsp3) is 0.571. The van der Waals surface area contributed by atoms with Crippen molar-refractivity contribution in [1.82, 2.24) is 9.80 Å². The summed E-state index contributed by atoms with van der Waals surface area (Å²) < 4.78 is 0. The van der Waals surface area contributed by atoms with Gasteiger partial charge in [-0.15, -0.1) is 0 Å². The molecule has 2 heterocycles. The number of nitrogens with two attached hydrogens (primary N) is 1. The molecule has 0 amide bonds. The Morgan fingerprint density at radius 1 is 1.24 bits per heavy atom. The molecule has 3 rings (SSSR count). The lowest BCUT2D eigenvalue weighted by Gasteiger charge is -2.40. The molecule has 0 saturated carbocycles. The molecule has 1 fully saturated rings. The van der Waals surface area contributed by atoms with Gasteiger partial charge in [0.1, 0.15) is 0 Å². The fourth-order valence-electron chi connectivity index (χ4n) is 3.18. The first-order chi connectivity index (χ1) is 8.25. The number of hydrogen-bond acceptors (Lipinski definition) is 3. The highest BCUT2D eigenvalue weighted by molar-refractivity contribution is 5.32. The second-order valence-electron chi connectivity index (χ2n) is 5.35. The van der Waals surface area contributed by atoms with Gasteiger partial charge in [0, 0.05) is 25.7 Å². The summed E-state index contributed by atoms with van der Waals surface area (Å²) in [6, 6.07) is 9.21.